The minimum absolute atomic E-state index is 0.723. The molecular weight excluding hydrogens is 186 g/mol. The van der Waals surface area contributed by atoms with Crippen LogP contribution >= 0.6 is 0 Å². The van der Waals surface area contributed by atoms with E-state index in [4.69, 9.17) is 4.42 Å². The zero-order chi connectivity index (χ0) is 10.4. The van der Waals surface area contributed by atoms with Crippen LogP contribution in [0.15, 0.2) is 34.7 Å². The molecular formula is C13H11NO. The van der Waals surface area contributed by atoms with E-state index in [1.54, 1.807) is 0 Å². The van der Waals surface area contributed by atoms with Crippen LogP contribution in [0, 0.1) is 13.8 Å². The Morgan fingerprint density at radius 3 is 2.60 bits per heavy atom. The molecule has 0 saturated heterocycles. The van der Waals surface area contributed by atoms with Crippen LogP contribution in [0.25, 0.3) is 21.9 Å². The third-order valence-electron chi connectivity index (χ3n) is 2.71. The van der Waals surface area contributed by atoms with Crippen molar-refractivity contribution in [3.8, 4) is 0 Å². The second kappa shape index (κ2) is 2.83. The van der Waals surface area contributed by atoms with Gasteiger partial charge in [-0.15, -0.1) is 0 Å². The first-order chi connectivity index (χ1) is 7.25. The van der Waals surface area contributed by atoms with Crippen LogP contribution in [0.1, 0.15) is 11.5 Å². The molecule has 0 N–H and O–H groups in total. The average Bonchev–Trinajstić information content (AvgIpc) is 2.59. The van der Waals surface area contributed by atoms with E-state index >= 15 is 0 Å². The second-order valence-electron chi connectivity index (χ2n) is 3.82. The SMILES string of the molecule is Cc1nc2cc(C)c3ccccc3c2o1. The maximum Gasteiger partial charge on any atom is 0.192 e. The van der Waals surface area contributed by atoms with Crippen molar-refractivity contribution < 1.29 is 4.42 Å². The lowest BCUT2D eigenvalue weighted by Crippen LogP contribution is -1.79. The lowest BCUT2D eigenvalue weighted by Gasteiger charge is -2.01. The van der Waals surface area contributed by atoms with E-state index in [-0.39, 0.29) is 0 Å². The molecule has 2 nitrogen and oxygen atoms in total. The van der Waals surface area contributed by atoms with Crippen LogP contribution in [0.4, 0.5) is 0 Å². The summed E-state index contributed by atoms with van der Waals surface area (Å²) >= 11 is 0. The van der Waals surface area contributed by atoms with Gasteiger partial charge in [-0.25, -0.2) is 4.98 Å². The molecule has 0 radical (unpaired) electrons. The van der Waals surface area contributed by atoms with Gasteiger partial charge in [0.05, 0.1) is 0 Å². The van der Waals surface area contributed by atoms with Crippen LogP contribution in [0.2, 0.25) is 0 Å². The number of hydrogen-bond acceptors (Lipinski definition) is 2. The zero-order valence-electron chi connectivity index (χ0n) is 8.74. The summed E-state index contributed by atoms with van der Waals surface area (Å²) in [6, 6.07) is 10.3. The predicted molar refractivity (Wildman–Crippen MR) is 61.0 cm³/mol. The van der Waals surface area contributed by atoms with Gasteiger partial charge in [0.25, 0.3) is 0 Å². The van der Waals surface area contributed by atoms with Crippen molar-refractivity contribution in [1.82, 2.24) is 4.98 Å². The Labute approximate surface area is 87.5 Å². The fourth-order valence-corrected chi connectivity index (χ4v) is 2.04. The van der Waals surface area contributed by atoms with E-state index < -0.39 is 0 Å². The number of aryl methyl sites for hydroxylation is 2. The van der Waals surface area contributed by atoms with Crippen molar-refractivity contribution in [2.45, 2.75) is 13.8 Å². The summed E-state index contributed by atoms with van der Waals surface area (Å²) in [6.07, 6.45) is 0. The summed E-state index contributed by atoms with van der Waals surface area (Å²) < 4.78 is 5.63. The van der Waals surface area contributed by atoms with E-state index in [0.717, 1.165) is 22.4 Å². The smallest absolute Gasteiger partial charge is 0.192 e. The van der Waals surface area contributed by atoms with Gasteiger partial charge in [-0.1, -0.05) is 24.3 Å². The Morgan fingerprint density at radius 1 is 1.07 bits per heavy atom. The molecule has 1 aromatic heterocycles. The maximum atomic E-state index is 5.63. The number of rotatable bonds is 0. The normalized spacial score (nSPS) is 11.3. The molecule has 0 bridgehead atoms. The van der Waals surface area contributed by atoms with Gasteiger partial charge in [0.15, 0.2) is 11.5 Å². The molecule has 0 aliphatic heterocycles. The highest BCUT2D eigenvalue weighted by Crippen LogP contribution is 2.28. The van der Waals surface area contributed by atoms with Gasteiger partial charge in [-0.3, -0.25) is 0 Å². The average molecular weight is 197 g/mol. The molecule has 0 unspecified atom stereocenters. The van der Waals surface area contributed by atoms with Crippen LogP contribution in [0.5, 0.6) is 0 Å². The summed E-state index contributed by atoms with van der Waals surface area (Å²) in [7, 11) is 0. The van der Waals surface area contributed by atoms with Crippen molar-refractivity contribution in [1.29, 1.82) is 0 Å². The van der Waals surface area contributed by atoms with Crippen LogP contribution in [-0.4, -0.2) is 4.98 Å². The zero-order valence-corrected chi connectivity index (χ0v) is 8.74. The monoisotopic (exact) mass is 197 g/mol. The van der Waals surface area contributed by atoms with Gasteiger partial charge in [0.1, 0.15) is 5.52 Å². The molecule has 0 amide bonds. The molecule has 15 heavy (non-hydrogen) atoms. The minimum Gasteiger partial charge on any atom is -0.440 e. The van der Waals surface area contributed by atoms with Crippen LogP contribution < -0.4 is 0 Å². The number of nitrogens with zero attached hydrogens (tertiary/aromatic N) is 1. The molecule has 0 spiro atoms. The highest BCUT2D eigenvalue weighted by atomic mass is 16.3. The first kappa shape index (κ1) is 8.48. The van der Waals surface area contributed by atoms with Gasteiger partial charge in [0, 0.05) is 12.3 Å². The molecule has 2 aromatic carbocycles. The molecule has 3 aromatic rings. The highest BCUT2D eigenvalue weighted by molar-refractivity contribution is 6.04. The summed E-state index contributed by atoms with van der Waals surface area (Å²) in [5, 5.41) is 2.38. The number of fused-ring (bicyclic) bond motifs is 3. The summed E-state index contributed by atoms with van der Waals surface area (Å²) in [5.74, 6) is 0.723. The fraction of sp³-hybridized carbons (Fsp3) is 0.154. The summed E-state index contributed by atoms with van der Waals surface area (Å²) in [5.41, 5.74) is 3.09. The van der Waals surface area contributed by atoms with Crippen LogP contribution in [0.3, 0.4) is 0 Å². The van der Waals surface area contributed by atoms with Gasteiger partial charge < -0.3 is 4.42 Å². The standard InChI is InChI=1S/C13H11NO/c1-8-7-12-13(15-9(2)14-12)11-6-4-3-5-10(8)11/h3-7H,1-2H3. The summed E-state index contributed by atoms with van der Waals surface area (Å²) in [4.78, 5) is 4.36. The molecule has 74 valence electrons. The van der Waals surface area contributed by atoms with Gasteiger partial charge in [-0.2, -0.15) is 0 Å². The molecule has 2 heteroatoms. The number of hydrogen-bond donors (Lipinski definition) is 0. The van der Waals surface area contributed by atoms with Crippen molar-refractivity contribution in [3.05, 3.63) is 41.8 Å². The van der Waals surface area contributed by atoms with Crippen molar-refractivity contribution in [2.24, 2.45) is 0 Å². The molecule has 0 aliphatic carbocycles. The van der Waals surface area contributed by atoms with Crippen molar-refractivity contribution >= 4 is 21.9 Å². The molecule has 3 rings (SSSR count). The van der Waals surface area contributed by atoms with Gasteiger partial charge in [0.2, 0.25) is 0 Å². The molecule has 0 aliphatic rings. The Kier molecular flexibility index (Phi) is 1.60. The van der Waals surface area contributed by atoms with Crippen molar-refractivity contribution in [2.75, 3.05) is 0 Å². The third kappa shape index (κ3) is 1.14. The lowest BCUT2D eigenvalue weighted by molar-refractivity contribution is 0.563. The Balaban J connectivity index is 2.62. The van der Waals surface area contributed by atoms with Crippen molar-refractivity contribution in [3.63, 3.8) is 0 Å². The van der Waals surface area contributed by atoms with E-state index in [1.807, 2.05) is 19.1 Å². The quantitative estimate of drug-likeness (QED) is 0.550. The fourth-order valence-electron chi connectivity index (χ4n) is 2.04. The minimum atomic E-state index is 0.723. The molecule has 0 atom stereocenters. The van der Waals surface area contributed by atoms with E-state index in [0.29, 0.717) is 0 Å². The van der Waals surface area contributed by atoms with E-state index in [2.05, 4.69) is 30.1 Å². The number of oxazole rings is 1. The number of aromatic nitrogens is 1. The van der Waals surface area contributed by atoms with E-state index in [9.17, 15) is 0 Å². The number of benzene rings is 2. The first-order valence-electron chi connectivity index (χ1n) is 5.01. The molecule has 1 heterocycles. The van der Waals surface area contributed by atoms with Crippen LogP contribution in [-0.2, 0) is 0 Å². The maximum absolute atomic E-state index is 5.63. The topological polar surface area (TPSA) is 26.0 Å². The molecule has 0 fully saturated rings. The largest absolute Gasteiger partial charge is 0.440 e. The lowest BCUT2D eigenvalue weighted by atomic mass is 10.0. The third-order valence-corrected chi connectivity index (χ3v) is 2.71. The Morgan fingerprint density at radius 2 is 1.80 bits per heavy atom. The Bertz CT molecular complexity index is 652. The first-order valence-corrected chi connectivity index (χ1v) is 5.01. The van der Waals surface area contributed by atoms with Gasteiger partial charge in [-0.05, 0) is 23.9 Å². The highest BCUT2D eigenvalue weighted by Gasteiger charge is 2.08. The Hall–Kier alpha value is -1.83. The predicted octanol–water partition coefficient (Wildman–Crippen LogP) is 3.60. The summed E-state index contributed by atoms with van der Waals surface area (Å²) in [6.45, 7) is 3.98. The second-order valence-corrected chi connectivity index (χ2v) is 3.82. The van der Waals surface area contributed by atoms with E-state index in [1.165, 1.54) is 10.9 Å². The molecule has 0 saturated carbocycles. The van der Waals surface area contributed by atoms with Gasteiger partial charge >= 0.3 is 0 Å².